The zero-order chi connectivity index (χ0) is 9.84. The van der Waals surface area contributed by atoms with Crippen molar-refractivity contribution < 1.29 is 0 Å². The van der Waals surface area contributed by atoms with Gasteiger partial charge in [0, 0.05) is 6.04 Å². The minimum atomic E-state index is 0.355. The van der Waals surface area contributed by atoms with Crippen LogP contribution in [0, 0.1) is 18.3 Å². The molecule has 1 aromatic rings. The first-order valence-corrected chi connectivity index (χ1v) is 4.41. The molecule has 0 heterocycles. The third kappa shape index (κ3) is 2.22. The summed E-state index contributed by atoms with van der Waals surface area (Å²) in [4.78, 5) is 0. The van der Waals surface area contributed by atoms with Crippen LogP contribution in [0.4, 0.5) is 5.69 Å². The molecule has 0 aliphatic rings. The molecular formula is C11H14N2. The Kier molecular flexibility index (Phi) is 2.92. The maximum Gasteiger partial charge on any atom is 0.101 e. The Labute approximate surface area is 79.2 Å². The molecule has 68 valence electrons. The van der Waals surface area contributed by atoms with Crippen LogP contribution in [0.2, 0.25) is 0 Å². The van der Waals surface area contributed by atoms with Crippen molar-refractivity contribution in [3.8, 4) is 6.07 Å². The van der Waals surface area contributed by atoms with Gasteiger partial charge in [0.15, 0.2) is 0 Å². The molecule has 2 heteroatoms. The van der Waals surface area contributed by atoms with Gasteiger partial charge in [-0.05, 0) is 32.4 Å². The van der Waals surface area contributed by atoms with Crippen LogP contribution in [0.3, 0.4) is 0 Å². The third-order valence-corrected chi connectivity index (χ3v) is 1.83. The first-order chi connectivity index (χ1) is 6.15. The molecule has 0 unspecified atom stereocenters. The zero-order valence-electron chi connectivity index (χ0n) is 8.26. The Morgan fingerprint density at radius 2 is 2.08 bits per heavy atom. The van der Waals surface area contributed by atoms with Crippen molar-refractivity contribution in [1.29, 1.82) is 5.26 Å². The van der Waals surface area contributed by atoms with Gasteiger partial charge in [0.1, 0.15) is 6.07 Å². The predicted molar refractivity (Wildman–Crippen MR) is 54.7 cm³/mol. The van der Waals surface area contributed by atoms with Crippen LogP contribution in [-0.4, -0.2) is 6.04 Å². The Balaban J connectivity index is 3.10. The van der Waals surface area contributed by atoms with E-state index < -0.39 is 0 Å². The maximum absolute atomic E-state index is 8.87. The van der Waals surface area contributed by atoms with Crippen LogP contribution < -0.4 is 5.32 Å². The molecule has 0 saturated carbocycles. The van der Waals surface area contributed by atoms with Crippen molar-refractivity contribution in [2.75, 3.05) is 5.32 Å². The van der Waals surface area contributed by atoms with E-state index in [9.17, 15) is 0 Å². The number of nitrogens with one attached hydrogen (secondary N) is 1. The van der Waals surface area contributed by atoms with E-state index in [1.807, 2.05) is 25.1 Å². The average Bonchev–Trinajstić information content (AvgIpc) is 2.08. The van der Waals surface area contributed by atoms with Crippen molar-refractivity contribution in [1.82, 2.24) is 0 Å². The summed E-state index contributed by atoms with van der Waals surface area (Å²) in [5.41, 5.74) is 2.79. The molecular weight excluding hydrogens is 160 g/mol. The minimum Gasteiger partial charge on any atom is -0.382 e. The number of benzene rings is 1. The van der Waals surface area contributed by atoms with E-state index in [0.29, 0.717) is 11.6 Å². The highest BCUT2D eigenvalue weighted by Crippen LogP contribution is 2.20. The van der Waals surface area contributed by atoms with Gasteiger partial charge < -0.3 is 5.32 Å². The van der Waals surface area contributed by atoms with Crippen LogP contribution in [0.15, 0.2) is 18.2 Å². The summed E-state index contributed by atoms with van der Waals surface area (Å²) < 4.78 is 0. The van der Waals surface area contributed by atoms with E-state index in [1.54, 1.807) is 0 Å². The normalized spacial score (nSPS) is 9.77. The molecule has 1 rings (SSSR count). The molecule has 2 nitrogen and oxygen atoms in total. The maximum atomic E-state index is 8.87. The second-order valence-corrected chi connectivity index (χ2v) is 3.41. The molecule has 13 heavy (non-hydrogen) atoms. The molecule has 1 N–H and O–H groups in total. The largest absolute Gasteiger partial charge is 0.382 e. The van der Waals surface area contributed by atoms with Gasteiger partial charge in [-0.1, -0.05) is 12.1 Å². The SMILES string of the molecule is Cc1cccc(C#N)c1NC(C)C. The summed E-state index contributed by atoms with van der Waals surface area (Å²) in [6, 6.07) is 8.27. The lowest BCUT2D eigenvalue weighted by atomic mass is 10.1. The fourth-order valence-corrected chi connectivity index (χ4v) is 1.24. The van der Waals surface area contributed by atoms with Crippen molar-refractivity contribution in [3.63, 3.8) is 0 Å². The lowest BCUT2D eigenvalue weighted by Gasteiger charge is -2.13. The molecule has 0 amide bonds. The molecule has 0 fully saturated rings. The van der Waals surface area contributed by atoms with Crippen molar-refractivity contribution in [3.05, 3.63) is 29.3 Å². The molecule has 0 atom stereocenters. The summed E-state index contributed by atoms with van der Waals surface area (Å²) in [6.45, 7) is 6.13. The number of nitriles is 1. The lowest BCUT2D eigenvalue weighted by Crippen LogP contribution is -2.11. The van der Waals surface area contributed by atoms with E-state index in [2.05, 4.69) is 25.2 Å². The van der Waals surface area contributed by atoms with Gasteiger partial charge in [0.2, 0.25) is 0 Å². The van der Waals surface area contributed by atoms with E-state index >= 15 is 0 Å². The van der Waals surface area contributed by atoms with E-state index in [-0.39, 0.29) is 0 Å². The molecule has 0 aliphatic heterocycles. The molecule has 0 saturated heterocycles. The standard InChI is InChI=1S/C11H14N2/c1-8(2)13-11-9(3)5-4-6-10(11)7-12/h4-6,8,13H,1-3H3. The average molecular weight is 174 g/mol. The number of nitrogens with zero attached hydrogens (tertiary/aromatic N) is 1. The lowest BCUT2D eigenvalue weighted by molar-refractivity contribution is 0.896. The molecule has 0 radical (unpaired) electrons. The van der Waals surface area contributed by atoms with Crippen LogP contribution >= 0.6 is 0 Å². The second-order valence-electron chi connectivity index (χ2n) is 3.41. The first-order valence-electron chi connectivity index (χ1n) is 4.41. The summed E-state index contributed by atoms with van der Waals surface area (Å²) in [6.07, 6.45) is 0. The Bertz CT molecular complexity index is 334. The van der Waals surface area contributed by atoms with Crippen molar-refractivity contribution in [2.24, 2.45) is 0 Å². The summed E-state index contributed by atoms with van der Waals surface area (Å²) in [7, 11) is 0. The highest BCUT2D eigenvalue weighted by atomic mass is 14.9. The number of anilines is 1. The fourth-order valence-electron chi connectivity index (χ4n) is 1.24. The molecule has 0 bridgehead atoms. The van der Waals surface area contributed by atoms with Crippen molar-refractivity contribution >= 4 is 5.69 Å². The molecule has 1 aromatic carbocycles. The van der Waals surface area contributed by atoms with Crippen LogP contribution in [0.25, 0.3) is 0 Å². The highest BCUT2D eigenvalue weighted by Gasteiger charge is 2.04. The smallest absolute Gasteiger partial charge is 0.101 e. The number of para-hydroxylation sites is 1. The van der Waals surface area contributed by atoms with Gasteiger partial charge in [0.25, 0.3) is 0 Å². The summed E-state index contributed by atoms with van der Waals surface area (Å²) in [5, 5.41) is 12.1. The molecule has 0 spiro atoms. The van der Waals surface area contributed by atoms with Gasteiger partial charge in [0.05, 0.1) is 11.3 Å². The Morgan fingerprint density at radius 3 is 2.62 bits per heavy atom. The Hall–Kier alpha value is -1.49. The summed E-state index contributed by atoms with van der Waals surface area (Å²) in [5.74, 6) is 0. The van der Waals surface area contributed by atoms with Gasteiger partial charge in [-0.15, -0.1) is 0 Å². The van der Waals surface area contributed by atoms with Gasteiger partial charge in [-0.2, -0.15) is 5.26 Å². The highest BCUT2D eigenvalue weighted by molar-refractivity contribution is 5.62. The number of hydrogen-bond donors (Lipinski definition) is 1. The summed E-state index contributed by atoms with van der Waals surface area (Å²) >= 11 is 0. The van der Waals surface area contributed by atoms with Gasteiger partial charge in [-0.25, -0.2) is 0 Å². The number of rotatable bonds is 2. The first kappa shape index (κ1) is 9.60. The van der Waals surface area contributed by atoms with Crippen LogP contribution in [-0.2, 0) is 0 Å². The van der Waals surface area contributed by atoms with Gasteiger partial charge in [-0.3, -0.25) is 0 Å². The van der Waals surface area contributed by atoms with E-state index in [1.165, 1.54) is 0 Å². The van der Waals surface area contributed by atoms with E-state index in [0.717, 1.165) is 11.3 Å². The van der Waals surface area contributed by atoms with Crippen LogP contribution in [0.1, 0.15) is 25.0 Å². The van der Waals surface area contributed by atoms with Crippen LogP contribution in [0.5, 0.6) is 0 Å². The number of hydrogen-bond acceptors (Lipinski definition) is 2. The van der Waals surface area contributed by atoms with Gasteiger partial charge >= 0.3 is 0 Å². The topological polar surface area (TPSA) is 35.8 Å². The van der Waals surface area contributed by atoms with E-state index in [4.69, 9.17) is 5.26 Å². The second kappa shape index (κ2) is 3.95. The fraction of sp³-hybridized carbons (Fsp3) is 0.364. The Morgan fingerprint density at radius 1 is 1.38 bits per heavy atom. The molecule has 0 aromatic heterocycles. The zero-order valence-corrected chi connectivity index (χ0v) is 8.26. The molecule has 0 aliphatic carbocycles. The monoisotopic (exact) mass is 174 g/mol. The van der Waals surface area contributed by atoms with Crippen molar-refractivity contribution in [2.45, 2.75) is 26.8 Å². The predicted octanol–water partition coefficient (Wildman–Crippen LogP) is 2.69. The number of aryl methyl sites for hydroxylation is 1. The minimum absolute atomic E-state index is 0.355. The third-order valence-electron chi connectivity index (χ3n) is 1.83. The quantitative estimate of drug-likeness (QED) is 0.748.